The summed E-state index contributed by atoms with van der Waals surface area (Å²) in [7, 11) is 1.84. The van der Waals surface area contributed by atoms with Gasteiger partial charge in [-0.1, -0.05) is 6.92 Å². The highest BCUT2D eigenvalue weighted by Crippen LogP contribution is 2.08. The van der Waals surface area contributed by atoms with Crippen molar-refractivity contribution in [2.24, 2.45) is 7.05 Å². The van der Waals surface area contributed by atoms with Gasteiger partial charge in [0.1, 0.15) is 0 Å². The summed E-state index contributed by atoms with van der Waals surface area (Å²) < 4.78 is 1.71. The molecule has 2 rings (SSSR count). The van der Waals surface area contributed by atoms with Crippen LogP contribution in [0.25, 0.3) is 0 Å². The fraction of sp³-hybridized carbons (Fsp3) is 0.583. The van der Waals surface area contributed by atoms with E-state index in [4.69, 9.17) is 0 Å². The lowest BCUT2D eigenvalue weighted by Gasteiger charge is -2.30. The van der Waals surface area contributed by atoms with Crippen molar-refractivity contribution >= 4 is 11.8 Å². The first-order chi connectivity index (χ1) is 8.61. The maximum Gasteiger partial charge on any atom is 0.246 e. The molecule has 1 atom stereocenters. The molecule has 18 heavy (non-hydrogen) atoms. The van der Waals surface area contributed by atoms with Gasteiger partial charge in [0, 0.05) is 19.8 Å². The van der Waals surface area contributed by atoms with Gasteiger partial charge in [-0.3, -0.25) is 24.5 Å². The smallest absolute Gasteiger partial charge is 0.246 e. The van der Waals surface area contributed by atoms with Gasteiger partial charge in [-0.05, 0) is 18.4 Å². The van der Waals surface area contributed by atoms with Gasteiger partial charge in [0.2, 0.25) is 11.8 Å². The number of rotatable bonds is 4. The number of nitrogens with zero attached hydrogens (tertiary/aromatic N) is 3. The Labute approximate surface area is 106 Å². The van der Waals surface area contributed by atoms with Crippen LogP contribution in [0, 0.1) is 0 Å². The molecule has 2 heterocycles. The van der Waals surface area contributed by atoms with Gasteiger partial charge in [0.15, 0.2) is 0 Å². The van der Waals surface area contributed by atoms with Crippen LogP contribution in [0.3, 0.4) is 0 Å². The van der Waals surface area contributed by atoms with E-state index in [2.05, 4.69) is 10.4 Å². The minimum absolute atomic E-state index is 0.113. The number of amides is 2. The summed E-state index contributed by atoms with van der Waals surface area (Å²) in [5.74, 6) is -0.258. The Morgan fingerprint density at radius 2 is 2.28 bits per heavy atom. The van der Waals surface area contributed by atoms with Crippen molar-refractivity contribution in [1.29, 1.82) is 0 Å². The van der Waals surface area contributed by atoms with Gasteiger partial charge in [0.25, 0.3) is 0 Å². The number of imide groups is 1. The first-order valence-corrected chi connectivity index (χ1v) is 6.17. The second-order valence-electron chi connectivity index (χ2n) is 4.50. The lowest BCUT2D eigenvalue weighted by molar-refractivity contribution is -0.149. The zero-order valence-corrected chi connectivity index (χ0v) is 10.7. The third-order valence-corrected chi connectivity index (χ3v) is 3.16. The minimum atomic E-state index is -0.225. The first kappa shape index (κ1) is 12.8. The van der Waals surface area contributed by atoms with Crippen LogP contribution in [-0.2, 0) is 23.1 Å². The summed E-state index contributed by atoms with van der Waals surface area (Å²) in [5, 5.41) is 7.01. The molecule has 6 heteroatoms. The summed E-state index contributed by atoms with van der Waals surface area (Å²) >= 11 is 0. The zero-order valence-electron chi connectivity index (χ0n) is 10.7. The van der Waals surface area contributed by atoms with Gasteiger partial charge in [0.05, 0.1) is 18.8 Å². The summed E-state index contributed by atoms with van der Waals surface area (Å²) in [6.45, 7) is 2.61. The number of aromatic nitrogens is 2. The van der Waals surface area contributed by atoms with Crippen LogP contribution in [-0.4, -0.2) is 45.6 Å². The van der Waals surface area contributed by atoms with Crippen LogP contribution < -0.4 is 5.32 Å². The molecule has 2 amide bonds. The predicted octanol–water partition coefficient (Wildman–Crippen LogP) is -0.300. The number of hydrogen-bond acceptors (Lipinski definition) is 4. The van der Waals surface area contributed by atoms with Crippen molar-refractivity contribution in [3.63, 3.8) is 0 Å². The van der Waals surface area contributed by atoms with Crippen LogP contribution in [0.15, 0.2) is 12.4 Å². The van der Waals surface area contributed by atoms with E-state index in [9.17, 15) is 9.59 Å². The Kier molecular flexibility index (Phi) is 3.76. The fourth-order valence-corrected chi connectivity index (χ4v) is 2.10. The second-order valence-corrected chi connectivity index (χ2v) is 4.50. The zero-order chi connectivity index (χ0) is 13.1. The summed E-state index contributed by atoms with van der Waals surface area (Å²) in [6.07, 6.45) is 5.01. The van der Waals surface area contributed by atoms with E-state index in [0.29, 0.717) is 19.4 Å². The number of piperazine rings is 1. The molecule has 1 N–H and O–H groups in total. The molecule has 0 saturated carbocycles. The molecule has 98 valence electrons. The Balaban J connectivity index is 1.98. The molecule has 0 radical (unpaired) electrons. The van der Waals surface area contributed by atoms with Crippen molar-refractivity contribution in [2.75, 3.05) is 13.1 Å². The lowest BCUT2D eigenvalue weighted by atomic mass is 10.1. The maximum atomic E-state index is 12.0. The maximum absolute atomic E-state index is 12.0. The van der Waals surface area contributed by atoms with Crippen LogP contribution in [0.1, 0.15) is 18.9 Å². The molecule has 0 bridgehead atoms. The fourth-order valence-electron chi connectivity index (χ4n) is 2.10. The summed E-state index contributed by atoms with van der Waals surface area (Å²) in [4.78, 5) is 25.1. The first-order valence-electron chi connectivity index (χ1n) is 6.17. The minimum Gasteiger partial charge on any atom is -0.297 e. The van der Waals surface area contributed by atoms with E-state index in [1.807, 2.05) is 20.2 Å². The van der Waals surface area contributed by atoms with E-state index in [-0.39, 0.29) is 24.4 Å². The third-order valence-electron chi connectivity index (χ3n) is 3.16. The third kappa shape index (κ3) is 2.59. The predicted molar refractivity (Wildman–Crippen MR) is 65.7 cm³/mol. The lowest BCUT2D eigenvalue weighted by Crippen LogP contribution is -2.58. The molecule has 1 fully saturated rings. The van der Waals surface area contributed by atoms with Gasteiger partial charge in [-0.25, -0.2) is 0 Å². The van der Waals surface area contributed by atoms with E-state index in [1.165, 1.54) is 4.90 Å². The standard InChI is InChI=1S/C12H18N4O2/c1-3-10-12(18)16(11(17)7-13-10)5-4-9-6-14-15(2)8-9/h6,8,10,13H,3-5,7H2,1-2H3. The Hall–Kier alpha value is -1.69. The molecule has 0 aromatic carbocycles. The highest BCUT2D eigenvalue weighted by Gasteiger charge is 2.32. The number of carbonyl (C=O) groups is 2. The van der Waals surface area contributed by atoms with Crippen LogP contribution in [0.5, 0.6) is 0 Å². The molecule has 1 aliphatic rings. The highest BCUT2D eigenvalue weighted by molar-refractivity contribution is 6.01. The molecule has 6 nitrogen and oxygen atoms in total. The van der Waals surface area contributed by atoms with E-state index in [1.54, 1.807) is 10.9 Å². The number of nitrogens with one attached hydrogen (secondary N) is 1. The van der Waals surface area contributed by atoms with E-state index in [0.717, 1.165) is 5.56 Å². The number of hydrogen-bond donors (Lipinski definition) is 1. The quantitative estimate of drug-likeness (QED) is 0.745. The molecule has 0 aliphatic carbocycles. The van der Waals surface area contributed by atoms with Crippen molar-refractivity contribution in [2.45, 2.75) is 25.8 Å². The number of aryl methyl sites for hydroxylation is 1. The average Bonchev–Trinajstić information content (AvgIpc) is 2.75. The molecule has 1 aliphatic heterocycles. The van der Waals surface area contributed by atoms with Crippen molar-refractivity contribution in [3.8, 4) is 0 Å². The monoisotopic (exact) mass is 250 g/mol. The SMILES string of the molecule is CCC1NCC(=O)N(CCc2cnn(C)c2)C1=O. The van der Waals surface area contributed by atoms with Gasteiger partial charge < -0.3 is 0 Å². The molecule has 1 aromatic rings. The molecule has 1 unspecified atom stereocenters. The second kappa shape index (κ2) is 5.30. The van der Waals surface area contributed by atoms with Crippen LogP contribution in [0.2, 0.25) is 0 Å². The van der Waals surface area contributed by atoms with Gasteiger partial charge in [-0.15, -0.1) is 0 Å². The molecule has 1 saturated heterocycles. The van der Waals surface area contributed by atoms with Crippen LogP contribution >= 0.6 is 0 Å². The van der Waals surface area contributed by atoms with E-state index < -0.39 is 0 Å². The average molecular weight is 250 g/mol. The molecule has 0 spiro atoms. The Bertz CT molecular complexity index is 455. The topological polar surface area (TPSA) is 67.2 Å². The van der Waals surface area contributed by atoms with Gasteiger partial charge in [-0.2, -0.15) is 5.10 Å². The summed E-state index contributed by atoms with van der Waals surface area (Å²) in [5.41, 5.74) is 1.03. The molecule has 1 aromatic heterocycles. The Morgan fingerprint density at radius 3 is 2.89 bits per heavy atom. The molecular weight excluding hydrogens is 232 g/mol. The van der Waals surface area contributed by atoms with Crippen molar-refractivity contribution < 1.29 is 9.59 Å². The number of carbonyl (C=O) groups excluding carboxylic acids is 2. The van der Waals surface area contributed by atoms with Crippen molar-refractivity contribution in [3.05, 3.63) is 18.0 Å². The Morgan fingerprint density at radius 1 is 1.50 bits per heavy atom. The van der Waals surface area contributed by atoms with Gasteiger partial charge >= 0.3 is 0 Å². The largest absolute Gasteiger partial charge is 0.297 e. The molecular formula is C12H18N4O2. The highest BCUT2D eigenvalue weighted by atomic mass is 16.2. The normalized spacial score (nSPS) is 20.6. The van der Waals surface area contributed by atoms with Crippen molar-refractivity contribution in [1.82, 2.24) is 20.0 Å². The summed E-state index contributed by atoms with van der Waals surface area (Å²) in [6, 6.07) is -0.225. The van der Waals surface area contributed by atoms with E-state index >= 15 is 0 Å². The van der Waals surface area contributed by atoms with Crippen LogP contribution in [0.4, 0.5) is 0 Å².